The molecule has 17 heavy (non-hydrogen) atoms. The fourth-order valence-electron chi connectivity index (χ4n) is 2.31. The van der Waals surface area contributed by atoms with Crippen molar-refractivity contribution in [3.8, 4) is 0 Å². The summed E-state index contributed by atoms with van der Waals surface area (Å²) in [5.74, 6) is -1.28. The van der Waals surface area contributed by atoms with Crippen LogP contribution >= 0.6 is 0 Å². The first kappa shape index (κ1) is 12.5. The van der Waals surface area contributed by atoms with Gasteiger partial charge in [0.25, 0.3) is 0 Å². The molecule has 2 aliphatic rings. The van der Waals surface area contributed by atoms with Crippen molar-refractivity contribution in [3.63, 3.8) is 0 Å². The first-order valence-electron chi connectivity index (χ1n) is 6.02. The van der Waals surface area contributed by atoms with Gasteiger partial charge in [-0.1, -0.05) is 6.08 Å². The molecule has 1 N–H and O–H groups in total. The number of hydrogen-bond acceptors (Lipinski definition) is 4. The van der Waals surface area contributed by atoms with E-state index in [0.29, 0.717) is 25.3 Å². The maximum atomic E-state index is 10.7. The largest absolute Gasteiger partial charge is 0.478 e. The Morgan fingerprint density at radius 3 is 2.82 bits per heavy atom. The van der Waals surface area contributed by atoms with Gasteiger partial charge >= 0.3 is 5.97 Å². The number of carboxylic acid groups (broad SMARTS) is 1. The van der Waals surface area contributed by atoms with Crippen LogP contribution < -0.4 is 0 Å². The van der Waals surface area contributed by atoms with Crippen LogP contribution in [0.3, 0.4) is 0 Å². The Morgan fingerprint density at radius 1 is 1.47 bits per heavy atom. The van der Waals surface area contributed by atoms with E-state index in [4.69, 9.17) is 14.6 Å². The summed E-state index contributed by atoms with van der Waals surface area (Å²) in [4.78, 5) is 12.9. The summed E-state index contributed by atoms with van der Waals surface area (Å²) in [7, 11) is 0. The van der Waals surface area contributed by atoms with Gasteiger partial charge in [-0.05, 0) is 19.9 Å². The average Bonchev–Trinajstić information content (AvgIpc) is 2.74. The molecule has 0 aromatic carbocycles. The Bertz CT molecular complexity index is 320. The highest BCUT2D eigenvalue weighted by Gasteiger charge is 2.40. The number of carbonyl (C=O) groups is 1. The summed E-state index contributed by atoms with van der Waals surface area (Å²) in [6.07, 6.45) is 3.71. The Kier molecular flexibility index (Phi) is 3.81. The Morgan fingerprint density at radius 2 is 2.18 bits per heavy atom. The molecule has 0 atom stereocenters. The van der Waals surface area contributed by atoms with Crippen LogP contribution in [0.4, 0.5) is 0 Å². The van der Waals surface area contributed by atoms with Crippen molar-refractivity contribution in [2.24, 2.45) is 0 Å². The van der Waals surface area contributed by atoms with E-state index in [1.165, 1.54) is 0 Å². The molecule has 2 saturated heterocycles. The van der Waals surface area contributed by atoms with Gasteiger partial charge in [-0.3, -0.25) is 4.90 Å². The number of likely N-dealkylation sites (tertiary alicyclic amines) is 1. The number of aliphatic carboxylic acids is 1. The highest BCUT2D eigenvalue weighted by Crippen LogP contribution is 2.29. The van der Waals surface area contributed by atoms with Gasteiger partial charge in [-0.2, -0.15) is 0 Å². The van der Waals surface area contributed by atoms with Gasteiger partial charge < -0.3 is 14.6 Å². The number of carboxylic acids is 1. The fraction of sp³-hybridized carbons (Fsp3) is 0.750. The van der Waals surface area contributed by atoms with E-state index in [1.54, 1.807) is 13.0 Å². The van der Waals surface area contributed by atoms with E-state index in [9.17, 15) is 4.79 Å². The van der Waals surface area contributed by atoms with Crippen LogP contribution in [-0.2, 0) is 14.3 Å². The van der Waals surface area contributed by atoms with Gasteiger partial charge in [-0.25, -0.2) is 4.79 Å². The summed E-state index contributed by atoms with van der Waals surface area (Å²) < 4.78 is 11.3. The summed E-state index contributed by atoms with van der Waals surface area (Å²) in [5.41, 5.74) is 0.387. The molecule has 5 heteroatoms. The van der Waals surface area contributed by atoms with Crippen molar-refractivity contribution < 1.29 is 19.4 Å². The predicted molar refractivity (Wildman–Crippen MR) is 61.7 cm³/mol. The van der Waals surface area contributed by atoms with Crippen LogP contribution in [0.2, 0.25) is 0 Å². The topological polar surface area (TPSA) is 59.0 Å². The van der Waals surface area contributed by atoms with Gasteiger partial charge in [0.2, 0.25) is 0 Å². The molecule has 0 bridgehead atoms. The van der Waals surface area contributed by atoms with Crippen LogP contribution in [0.25, 0.3) is 0 Å². The molecule has 0 aromatic heterocycles. The lowest BCUT2D eigenvalue weighted by molar-refractivity contribution is -0.188. The second-order valence-electron chi connectivity index (χ2n) is 4.64. The van der Waals surface area contributed by atoms with E-state index in [-0.39, 0.29) is 0 Å². The molecule has 0 amide bonds. The minimum absolute atomic E-state index is 0.387. The second kappa shape index (κ2) is 5.16. The summed E-state index contributed by atoms with van der Waals surface area (Å²) in [6.45, 7) is 5.29. The van der Waals surface area contributed by atoms with E-state index in [2.05, 4.69) is 4.90 Å². The van der Waals surface area contributed by atoms with Crippen LogP contribution in [-0.4, -0.2) is 54.6 Å². The molecule has 2 rings (SSSR count). The van der Waals surface area contributed by atoms with Crippen molar-refractivity contribution in [2.75, 3.05) is 32.8 Å². The maximum absolute atomic E-state index is 10.7. The monoisotopic (exact) mass is 241 g/mol. The molecule has 0 saturated carbocycles. The minimum atomic E-state index is -0.856. The second-order valence-corrected chi connectivity index (χ2v) is 4.64. The Labute approximate surface area is 101 Å². The zero-order valence-corrected chi connectivity index (χ0v) is 10.1. The molecule has 0 aliphatic carbocycles. The fourth-order valence-corrected chi connectivity index (χ4v) is 2.31. The third-order valence-electron chi connectivity index (χ3n) is 3.30. The molecule has 0 unspecified atom stereocenters. The zero-order chi connectivity index (χ0) is 12.3. The zero-order valence-electron chi connectivity index (χ0n) is 10.1. The van der Waals surface area contributed by atoms with E-state index >= 15 is 0 Å². The predicted octanol–water partition coefficient (Wildman–Crippen LogP) is 0.856. The van der Waals surface area contributed by atoms with Crippen LogP contribution in [0, 0.1) is 0 Å². The summed E-state index contributed by atoms with van der Waals surface area (Å²) in [6, 6.07) is 0. The Balaban J connectivity index is 1.89. The highest BCUT2D eigenvalue weighted by molar-refractivity contribution is 5.85. The maximum Gasteiger partial charge on any atom is 0.330 e. The minimum Gasteiger partial charge on any atom is -0.478 e. The smallest absolute Gasteiger partial charge is 0.330 e. The van der Waals surface area contributed by atoms with Crippen LogP contribution in [0.1, 0.15) is 19.8 Å². The molecule has 2 fully saturated rings. The number of rotatable bonds is 3. The van der Waals surface area contributed by atoms with E-state index < -0.39 is 11.8 Å². The molecule has 1 spiro atoms. The van der Waals surface area contributed by atoms with Crippen molar-refractivity contribution >= 4 is 5.97 Å². The molecule has 2 heterocycles. The van der Waals surface area contributed by atoms with Crippen molar-refractivity contribution in [1.82, 2.24) is 4.90 Å². The summed E-state index contributed by atoms with van der Waals surface area (Å²) >= 11 is 0. The van der Waals surface area contributed by atoms with Crippen LogP contribution in [0.5, 0.6) is 0 Å². The molecular weight excluding hydrogens is 222 g/mol. The first-order chi connectivity index (χ1) is 8.11. The molecule has 0 radical (unpaired) electrons. The third-order valence-corrected chi connectivity index (χ3v) is 3.30. The lowest BCUT2D eigenvalue weighted by atomic mass is 10.0. The SMILES string of the molecule is CC(=CCN1CCCC2(C1)OCCO2)C(=O)O. The average molecular weight is 241 g/mol. The molecule has 96 valence electrons. The van der Waals surface area contributed by atoms with Gasteiger partial charge in [0.15, 0.2) is 5.79 Å². The molecule has 2 aliphatic heterocycles. The standard InChI is InChI=1S/C12H19NO4/c1-10(11(14)15)3-6-13-5-2-4-12(9-13)16-7-8-17-12/h3H,2,4-9H2,1H3,(H,14,15). The first-order valence-corrected chi connectivity index (χ1v) is 6.02. The summed E-state index contributed by atoms with van der Waals surface area (Å²) in [5, 5.41) is 8.78. The van der Waals surface area contributed by atoms with E-state index in [1.807, 2.05) is 0 Å². The van der Waals surface area contributed by atoms with E-state index in [0.717, 1.165) is 25.9 Å². The van der Waals surface area contributed by atoms with Crippen molar-refractivity contribution in [1.29, 1.82) is 0 Å². The number of piperidine rings is 1. The number of ether oxygens (including phenoxy) is 2. The quantitative estimate of drug-likeness (QED) is 0.742. The van der Waals surface area contributed by atoms with Gasteiger partial charge in [-0.15, -0.1) is 0 Å². The lowest BCUT2D eigenvalue weighted by Crippen LogP contribution is -2.48. The number of nitrogens with zero attached hydrogens (tertiary/aromatic N) is 1. The molecular formula is C12H19NO4. The normalized spacial score (nSPS) is 25.4. The van der Waals surface area contributed by atoms with Gasteiger partial charge in [0.1, 0.15) is 0 Å². The van der Waals surface area contributed by atoms with Crippen molar-refractivity contribution in [3.05, 3.63) is 11.6 Å². The number of hydrogen-bond donors (Lipinski definition) is 1. The van der Waals surface area contributed by atoms with Crippen molar-refractivity contribution in [2.45, 2.75) is 25.6 Å². The Hall–Kier alpha value is -0.910. The molecule has 0 aromatic rings. The third kappa shape index (κ3) is 3.06. The highest BCUT2D eigenvalue weighted by atomic mass is 16.7. The van der Waals surface area contributed by atoms with Gasteiger partial charge in [0, 0.05) is 18.5 Å². The lowest BCUT2D eigenvalue weighted by Gasteiger charge is -2.38. The van der Waals surface area contributed by atoms with Crippen LogP contribution in [0.15, 0.2) is 11.6 Å². The molecule has 5 nitrogen and oxygen atoms in total. The van der Waals surface area contributed by atoms with Gasteiger partial charge in [0.05, 0.1) is 19.8 Å².